The molecule has 2 N–H and O–H groups in total. The number of carbonyl (C=O) groups is 1. The molecule has 0 radical (unpaired) electrons. The quantitative estimate of drug-likeness (QED) is 0.875. The number of nitrogens with one attached hydrogen (secondary N) is 2. The standard InChI is InChI=1S/C16H18N2O2/c1-3-17-15-10-5-4-9-14(15)16(19)18-12-7-6-8-13(11-12)20-2/h4-11,17H,3H2,1-2H3,(H,18,19). The minimum Gasteiger partial charge on any atom is -0.497 e. The van der Waals surface area contributed by atoms with Crippen molar-refractivity contribution in [3.63, 3.8) is 0 Å². The second-order valence-corrected chi connectivity index (χ2v) is 4.26. The Balaban J connectivity index is 2.19. The van der Waals surface area contributed by atoms with Gasteiger partial charge in [0.15, 0.2) is 0 Å². The highest BCUT2D eigenvalue weighted by Gasteiger charge is 2.10. The average Bonchev–Trinajstić information content (AvgIpc) is 2.48. The number of benzene rings is 2. The number of hydrogen-bond donors (Lipinski definition) is 2. The highest BCUT2D eigenvalue weighted by Crippen LogP contribution is 2.20. The molecule has 0 bridgehead atoms. The summed E-state index contributed by atoms with van der Waals surface area (Å²) >= 11 is 0. The molecule has 2 aromatic rings. The van der Waals surface area contributed by atoms with Gasteiger partial charge in [-0.2, -0.15) is 0 Å². The molecule has 0 unspecified atom stereocenters. The predicted octanol–water partition coefficient (Wildman–Crippen LogP) is 3.38. The van der Waals surface area contributed by atoms with E-state index in [4.69, 9.17) is 4.74 Å². The third-order valence-electron chi connectivity index (χ3n) is 2.87. The third kappa shape index (κ3) is 3.29. The van der Waals surface area contributed by atoms with Gasteiger partial charge in [-0.15, -0.1) is 0 Å². The lowest BCUT2D eigenvalue weighted by Gasteiger charge is -2.11. The molecule has 0 atom stereocenters. The van der Waals surface area contributed by atoms with Crippen molar-refractivity contribution >= 4 is 17.3 Å². The van der Waals surface area contributed by atoms with Crippen molar-refractivity contribution in [2.45, 2.75) is 6.92 Å². The second-order valence-electron chi connectivity index (χ2n) is 4.26. The molecule has 0 aliphatic rings. The number of methoxy groups -OCH3 is 1. The van der Waals surface area contributed by atoms with Gasteiger partial charge >= 0.3 is 0 Å². The van der Waals surface area contributed by atoms with E-state index in [1.807, 2.05) is 43.3 Å². The van der Waals surface area contributed by atoms with Gasteiger partial charge in [0, 0.05) is 24.0 Å². The maximum Gasteiger partial charge on any atom is 0.257 e. The van der Waals surface area contributed by atoms with E-state index in [1.54, 1.807) is 19.2 Å². The summed E-state index contributed by atoms with van der Waals surface area (Å²) in [5.41, 5.74) is 2.16. The summed E-state index contributed by atoms with van der Waals surface area (Å²) < 4.78 is 5.14. The summed E-state index contributed by atoms with van der Waals surface area (Å²) in [5.74, 6) is 0.567. The van der Waals surface area contributed by atoms with E-state index in [9.17, 15) is 4.79 Å². The average molecular weight is 270 g/mol. The van der Waals surface area contributed by atoms with E-state index in [-0.39, 0.29) is 5.91 Å². The monoisotopic (exact) mass is 270 g/mol. The molecule has 0 saturated carbocycles. The van der Waals surface area contributed by atoms with Gasteiger partial charge in [0.25, 0.3) is 5.91 Å². The van der Waals surface area contributed by atoms with Gasteiger partial charge in [0.05, 0.1) is 12.7 Å². The van der Waals surface area contributed by atoms with Crippen molar-refractivity contribution in [2.24, 2.45) is 0 Å². The Labute approximate surface area is 118 Å². The fourth-order valence-corrected chi connectivity index (χ4v) is 1.92. The lowest BCUT2D eigenvalue weighted by molar-refractivity contribution is 0.102. The van der Waals surface area contributed by atoms with Crippen LogP contribution in [0.1, 0.15) is 17.3 Å². The molecule has 2 rings (SSSR count). The van der Waals surface area contributed by atoms with Gasteiger partial charge in [-0.25, -0.2) is 0 Å². The first-order valence-electron chi connectivity index (χ1n) is 6.53. The molecule has 4 nitrogen and oxygen atoms in total. The zero-order valence-electron chi connectivity index (χ0n) is 11.6. The SMILES string of the molecule is CCNc1ccccc1C(=O)Nc1cccc(OC)c1. The van der Waals surface area contributed by atoms with Gasteiger partial charge in [0.2, 0.25) is 0 Å². The van der Waals surface area contributed by atoms with Crippen molar-refractivity contribution in [2.75, 3.05) is 24.3 Å². The topological polar surface area (TPSA) is 50.4 Å². The minimum atomic E-state index is -0.144. The fourth-order valence-electron chi connectivity index (χ4n) is 1.92. The smallest absolute Gasteiger partial charge is 0.257 e. The molecule has 4 heteroatoms. The van der Waals surface area contributed by atoms with Gasteiger partial charge in [0.1, 0.15) is 5.75 Å². The zero-order chi connectivity index (χ0) is 14.4. The van der Waals surface area contributed by atoms with Crippen LogP contribution < -0.4 is 15.4 Å². The van der Waals surface area contributed by atoms with Gasteiger partial charge in [-0.3, -0.25) is 4.79 Å². The molecule has 0 aliphatic heterocycles. The zero-order valence-corrected chi connectivity index (χ0v) is 11.6. The molecule has 2 aromatic carbocycles. The number of carbonyl (C=O) groups excluding carboxylic acids is 1. The molecule has 0 fully saturated rings. The van der Waals surface area contributed by atoms with Crippen molar-refractivity contribution in [1.82, 2.24) is 0 Å². The van der Waals surface area contributed by atoms with Crippen LogP contribution in [0.2, 0.25) is 0 Å². The summed E-state index contributed by atoms with van der Waals surface area (Å²) in [6.45, 7) is 2.76. The first kappa shape index (κ1) is 13.9. The Bertz CT molecular complexity index is 597. The number of hydrogen-bond acceptors (Lipinski definition) is 3. The predicted molar refractivity (Wildman–Crippen MR) is 81.6 cm³/mol. The van der Waals surface area contributed by atoms with Crippen LogP contribution in [0.25, 0.3) is 0 Å². The van der Waals surface area contributed by atoms with E-state index in [0.29, 0.717) is 17.0 Å². The summed E-state index contributed by atoms with van der Waals surface area (Å²) in [6.07, 6.45) is 0. The van der Waals surface area contributed by atoms with Crippen molar-refractivity contribution in [3.05, 3.63) is 54.1 Å². The lowest BCUT2D eigenvalue weighted by Crippen LogP contribution is -2.14. The van der Waals surface area contributed by atoms with Gasteiger partial charge in [-0.1, -0.05) is 18.2 Å². The Morgan fingerprint density at radius 2 is 1.95 bits per heavy atom. The lowest BCUT2D eigenvalue weighted by atomic mass is 10.1. The number of ether oxygens (including phenoxy) is 1. The van der Waals surface area contributed by atoms with Crippen LogP contribution in [0.15, 0.2) is 48.5 Å². The van der Waals surface area contributed by atoms with E-state index in [0.717, 1.165) is 12.2 Å². The highest BCUT2D eigenvalue weighted by molar-refractivity contribution is 6.08. The fraction of sp³-hybridized carbons (Fsp3) is 0.188. The maximum atomic E-state index is 12.3. The Morgan fingerprint density at radius 3 is 2.70 bits per heavy atom. The Hall–Kier alpha value is -2.49. The Kier molecular flexibility index (Phi) is 4.60. The van der Waals surface area contributed by atoms with Crippen LogP contribution in [0.3, 0.4) is 0 Å². The molecule has 0 heterocycles. The van der Waals surface area contributed by atoms with Crippen molar-refractivity contribution in [1.29, 1.82) is 0 Å². The molecule has 0 aromatic heterocycles. The van der Waals surface area contributed by atoms with Gasteiger partial charge in [-0.05, 0) is 31.2 Å². The van der Waals surface area contributed by atoms with Crippen LogP contribution in [-0.2, 0) is 0 Å². The van der Waals surface area contributed by atoms with E-state index < -0.39 is 0 Å². The third-order valence-corrected chi connectivity index (χ3v) is 2.87. The van der Waals surface area contributed by atoms with Crippen LogP contribution in [0, 0.1) is 0 Å². The first-order valence-corrected chi connectivity index (χ1v) is 6.53. The number of amides is 1. The van der Waals surface area contributed by atoms with Gasteiger partial charge < -0.3 is 15.4 Å². The molecule has 20 heavy (non-hydrogen) atoms. The maximum absolute atomic E-state index is 12.3. The molecular formula is C16H18N2O2. The molecule has 104 valence electrons. The number of para-hydroxylation sites is 1. The van der Waals surface area contributed by atoms with Crippen LogP contribution in [0.5, 0.6) is 5.75 Å². The molecular weight excluding hydrogens is 252 g/mol. The summed E-state index contributed by atoms with van der Waals surface area (Å²) in [4.78, 5) is 12.3. The molecule has 0 saturated heterocycles. The van der Waals surface area contributed by atoms with Crippen LogP contribution in [-0.4, -0.2) is 19.6 Å². The normalized spacial score (nSPS) is 9.90. The van der Waals surface area contributed by atoms with Crippen molar-refractivity contribution in [3.8, 4) is 5.75 Å². The molecule has 0 spiro atoms. The molecule has 1 amide bonds. The van der Waals surface area contributed by atoms with Crippen molar-refractivity contribution < 1.29 is 9.53 Å². The Morgan fingerprint density at radius 1 is 1.15 bits per heavy atom. The number of anilines is 2. The summed E-state index contributed by atoms with van der Waals surface area (Å²) in [5, 5.41) is 6.05. The van der Waals surface area contributed by atoms with Crippen LogP contribution in [0.4, 0.5) is 11.4 Å². The summed E-state index contributed by atoms with van der Waals surface area (Å²) in [7, 11) is 1.60. The molecule has 0 aliphatic carbocycles. The van der Waals surface area contributed by atoms with Crippen LogP contribution >= 0.6 is 0 Å². The highest BCUT2D eigenvalue weighted by atomic mass is 16.5. The van der Waals surface area contributed by atoms with E-state index in [1.165, 1.54) is 0 Å². The summed E-state index contributed by atoms with van der Waals surface area (Å²) in [6, 6.07) is 14.7. The van der Waals surface area contributed by atoms with E-state index in [2.05, 4.69) is 10.6 Å². The second kappa shape index (κ2) is 6.61. The minimum absolute atomic E-state index is 0.144. The first-order chi connectivity index (χ1) is 9.74. The number of rotatable bonds is 5. The van der Waals surface area contributed by atoms with E-state index >= 15 is 0 Å². The largest absolute Gasteiger partial charge is 0.497 e.